The molecule has 0 unspecified atom stereocenters. The summed E-state index contributed by atoms with van der Waals surface area (Å²) in [5, 5.41) is 0. The molecule has 0 N–H and O–H groups in total. The number of ether oxygens (including phenoxy) is 3. The van der Waals surface area contributed by atoms with E-state index >= 15 is 0 Å². The Balaban J connectivity index is 1.39. The average Bonchev–Trinajstić information content (AvgIpc) is 3.42. The van der Waals surface area contributed by atoms with E-state index in [0.29, 0.717) is 43.4 Å². The maximum absolute atomic E-state index is 12.8. The number of piperazine rings is 1. The van der Waals surface area contributed by atoms with Crippen molar-refractivity contribution in [1.82, 2.24) is 24.4 Å². The molecule has 0 spiro atoms. The van der Waals surface area contributed by atoms with Crippen molar-refractivity contribution in [3.8, 4) is 23.1 Å². The van der Waals surface area contributed by atoms with Gasteiger partial charge in [0.25, 0.3) is 0 Å². The summed E-state index contributed by atoms with van der Waals surface area (Å²) in [6.07, 6.45) is 10.1. The standard InChI is InChI=1S/C23H26N6O4/c1-31-18-12-17(13-19(32-2)23(18)33-3)4-5-22(30)28-10-8-27(9-11-28)20-14-21(26-15-25-20)29-7-6-24-16-29/h4-7,12-16H,8-11H2,1-3H3/b5-4+. The predicted octanol–water partition coefficient (Wildman–Crippen LogP) is 2.05. The van der Waals surface area contributed by atoms with Crippen LogP contribution in [0.15, 0.2) is 49.3 Å². The lowest BCUT2D eigenvalue weighted by molar-refractivity contribution is -0.126. The van der Waals surface area contributed by atoms with Gasteiger partial charge in [-0.1, -0.05) is 0 Å². The lowest BCUT2D eigenvalue weighted by Gasteiger charge is -2.35. The minimum Gasteiger partial charge on any atom is -0.493 e. The summed E-state index contributed by atoms with van der Waals surface area (Å²) in [7, 11) is 4.68. The van der Waals surface area contributed by atoms with Gasteiger partial charge < -0.3 is 24.0 Å². The van der Waals surface area contributed by atoms with Gasteiger partial charge in [-0.3, -0.25) is 9.36 Å². The molecule has 10 nitrogen and oxygen atoms in total. The van der Waals surface area contributed by atoms with Gasteiger partial charge >= 0.3 is 0 Å². The first-order valence-corrected chi connectivity index (χ1v) is 10.4. The van der Waals surface area contributed by atoms with E-state index < -0.39 is 0 Å². The van der Waals surface area contributed by atoms with Crippen LogP contribution in [0, 0.1) is 0 Å². The Kier molecular flexibility index (Phi) is 6.72. The summed E-state index contributed by atoms with van der Waals surface area (Å²) in [6.45, 7) is 2.57. The molecule has 1 fully saturated rings. The fourth-order valence-corrected chi connectivity index (χ4v) is 3.67. The molecule has 172 valence electrons. The molecule has 2 aromatic heterocycles. The van der Waals surface area contributed by atoms with Crippen LogP contribution in [0.5, 0.6) is 17.2 Å². The van der Waals surface area contributed by atoms with Crippen LogP contribution < -0.4 is 19.1 Å². The maximum atomic E-state index is 12.8. The fraction of sp³-hybridized carbons (Fsp3) is 0.304. The van der Waals surface area contributed by atoms with Crippen molar-refractivity contribution in [2.45, 2.75) is 0 Å². The molecule has 1 aromatic carbocycles. The molecule has 1 amide bonds. The molecule has 0 saturated carbocycles. The number of hydrogen-bond donors (Lipinski definition) is 0. The van der Waals surface area contributed by atoms with E-state index in [1.807, 2.05) is 21.7 Å². The summed E-state index contributed by atoms with van der Waals surface area (Å²) in [5.74, 6) is 3.12. The van der Waals surface area contributed by atoms with Crippen LogP contribution in [0.1, 0.15) is 5.56 Å². The molecule has 0 atom stereocenters. The van der Waals surface area contributed by atoms with Crippen molar-refractivity contribution in [3.05, 3.63) is 54.9 Å². The lowest BCUT2D eigenvalue weighted by atomic mass is 10.1. The third kappa shape index (κ3) is 4.89. The van der Waals surface area contributed by atoms with Gasteiger partial charge in [-0.25, -0.2) is 15.0 Å². The van der Waals surface area contributed by atoms with Gasteiger partial charge in [0.15, 0.2) is 11.5 Å². The van der Waals surface area contributed by atoms with Crippen molar-refractivity contribution in [2.75, 3.05) is 52.4 Å². The highest BCUT2D eigenvalue weighted by atomic mass is 16.5. The lowest BCUT2D eigenvalue weighted by Crippen LogP contribution is -2.48. The Labute approximate surface area is 192 Å². The summed E-state index contributed by atoms with van der Waals surface area (Å²) >= 11 is 0. The third-order valence-electron chi connectivity index (χ3n) is 5.43. The number of benzene rings is 1. The minimum atomic E-state index is -0.0507. The van der Waals surface area contributed by atoms with Gasteiger partial charge in [-0.15, -0.1) is 0 Å². The predicted molar refractivity (Wildman–Crippen MR) is 123 cm³/mol. The Morgan fingerprint density at radius 2 is 1.64 bits per heavy atom. The van der Waals surface area contributed by atoms with Gasteiger partial charge in [-0.05, 0) is 23.8 Å². The molecular formula is C23H26N6O4. The number of carbonyl (C=O) groups is 1. The first kappa shape index (κ1) is 22.1. The van der Waals surface area contributed by atoms with Gasteiger partial charge in [0.05, 0.1) is 21.3 Å². The van der Waals surface area contributed by atoms with E-state index in [2.05, 4.69) is 19.9 Å². The largest absolute Gasteiger partial charge is 0.493 e. The SMILES string of the molecule is COc1cc(/C=C/C(=O)N2CCN(c3cc(-n4ccnc4)ncn3)CC2)cc(OC)c1OC. The molecule has 0 bridgehead atoms. The zero-order valence-corrected chi connectivity index (χ0v) is 18.8. The number of hydrogen-bond acceptors (Lipinski definition) is 8. The zero-order chi connectivity index (χ0) is 23.2. The Bertz CT molecular complexity index is 1100. The van der Waals surface area contributed by atoms with Crippen LogP contribution >= 0.6 is 0 Å². The minimum absolute atomic E-state index is 0.0507. The highest BCUT2D eigenvalue weighted by Gasteiger charge is 2.21. The van der Waals surface area contributed by atoms with E-state index in [4.69, 9.17) is 14.2 Å². The van der Waals surface area contributed by atoms with Crippen LogP contribution in [0.3, 0.4) is 0 Å². The van der Waals surface area contributed by atoms with Crippen molar-refractivity contribution in [3.63, 3.8) is 0 Å². The molecule has 0 radical (unpaired) electrons. The summed E-state index contributed by atoms with van der Waals surface area (Å²) in [4.78, 5) is 29.5. The van der Waals surface area contributed by atoms with Gasteiger partial charge in [0.1, 0.15) is 24.3 Å². The number of aromatic nitrogens is 4. The summed E-state index contributed by atoms with van der Waals surface area (Å²) in [5.41, 5.74) is 0.782. The van der Waals surface area contributed by atoms with Crippen molar-refractivity contribution in [1.29, 1.82) is 0 Å². The van der Waals surface area contributed by atoms with E-state index in [-0.39, 0.29) is 5.91 Å². The second kappa shape index (κ2) is 10.0. The molecule has 3 heterocycles. The number of imidazole rings is 1. The average molecular weight is 450 g/mol. The van der Waals surface area contributed by atoms with Crippen molar-refractivity contribution in [2.24, 2.45) is 0 Å². The molecule has 1 aliphatic heterocycles. The maximum Gasteiger partial charge on any atom is 0.246 e. The Morgan fingerprint density at radius 3 is 2.24 bits per heavy atom. The highest BCUT2D eigenvalue weighted by molar-refractivity contribution is 5.92. The normalized spacial score (nSPS) is 13.9. The van der Waals surface area contributed by atoms with Crippen LogP contribution in [0.2, 0.25) is 0 Å². The molecule has 4 rings (SSSR count). The van der Waals surface area contributed by atoms with E-state index in [0.717, 1.165) is 17.2 Å². The molecule has 33 heavy (non-hydrogen) atoms. The first-order chi connectivity index (χ1) is 16.1. The van der Waals surface area contributed by atoms with Gasteiger partial charge in [-0.2, -0.15) is 0 Å². The van der Waals surface area contributed by atoms with Crippen LogP contribution in [0.25, 0.3) is 11.9 Å². The smallest absolute Gasteiger partial charge is 0.246 e. The molecule has 0 aliphatic carbocycles. The third-order valence-corrected chi connectivity index (χ3v) is 5.43. The van der Waals surface area contributed by atoms with Crippen molar-refractivity contribution < 1.29 is 19.0 Å². The molecule has 3 aromatic rings. The molecule has 1 aliphatic rings. The number of amides is 1. The van der Waals surface area contributed by atoms with Crippen LogP contribution in [-0.4, -0.2) is 77.8 Å². The monoisotopic (exact) mass is 450 g/mol. The quantitative estimate of drug-likeness (QED) is 0.505. The van der Waals surface area contributed by atoms with Gasteiger partial charge in [0, 0.05) is 50.7 Å². The second-order valence-electron chi connectivity index (χ2n) is 7.31. The van der Waals surface area contributed by atoms with Crippen LogP contribution in [0.4, 0.5) is 5.82 Å². The number of anilines is 1. The Hall–Kier alpha value is -4.08. The van der Waals surface area contributed by atoms with E-state index in [1.54, 1.807) is 64.5 Å². The summed E-state index contributed by atoms with van der Waals surface area (Å²) in [6, 6.07) is 5.52. The number of carbonyl (C=O) groups excluding carboxylic acids is 1. The molecule has 1 saturated heterocycles. The molecular weight excluding hydrogens is 424 g/mol. The molecule has 10 heteroatoms. The van der Waals surface area contributed by atoms with Crippen molar-refractivity contribution >= 4 is 17.8 Å². The van der Waals surface area contributed by atoms with E-state index in [9.17, 15) is 4.79 Å². The number of rotatable bonds is 7. The zero-order valence-electron chi connectivity index (χ0n) is 18.8. The highest BCUT2D eigenvalue weighted by Crippen LogP contribution is 2.38. The summed E-state index contributed by atoms with van der Waals surface area (Å²) < 4.78 is 17.9. The number of methoxy groups -OCH3 is 3. The fourth-order valence-electron chi connectivity index (χ4n) is 3.67. The Morgan fingerprint density at radius 1 is 0.939 bits per heavy atom. The second-order valence-corrected chi connectivity index (χ2v) is 7.31. The van der Waals surface area contributed by atoms with Gasteiger partial charge in [0.2, 0.25) is 11.7 Å². The topological polar surface area (TPSA) is 94.8 Å². The number of nitrogens with zero attached hydrogens (tertiary/aromatic N) is 6. The van der Waals surface area contributed by atoms with Crippen LogP contribution in [-0.2, 0) is 4.79 Å². The van der Waals surface area contributed by atoms with E-state index in [1.165, 1.54) is 0 Å². The first-order valence-electron chi connectivity index (χ1n) is 10.4.